The number of para-hydroxylation sites is 1. The van der Waals surface area contributed by atoms with E-state index in [9.17, 15) is 9.59 Å². The Morgan fingerprint density at radius 1 is 0.852 bits per heavy atom. The Balaban J connectivity index is 1.29. The summed E-state index contributed by atoms with van der Waals surface area (Å²) in [5.74, 6) is 1.24. The van der Waals surface area contributed by atoms with Crippen LogP contribution in [0.2, 0.25) is 0 Å². The number of carbonyl (C=O) groups excluding carboxylic acids is 2. The van der Waals surface area contributed by atoms with Gasteiger partial charge in [0, 0.05) is 18.8 Å². The van der Waals surface area contributed by atoms with Crippen molar-refractivity contribution in [1.82, 2.24) is 4.90 Å². The molecule has 2 atom stereocenters. The van der Waals surface area contributed by atoms with E-state index in [2.05, 4.69) is 5.32 Å². The topological polar surface area (TPSA) is 58.6 Å². The van der Waals surface area contributed by atoms with Crippen LogP contribution >= 0.6 is 0 Å². The molecule has 5 nitrogen and oxygen atoms in total. The highest BCUT2D eigenvalue weighted by atomic mass is 16.5. The Kier molecular flexibility index (Phi) is 5.10. The van der Waals surface area contributed by atoms with Crippen molar-refractivity contribution in [3.8, 4) is 11.5 Å². The van der Waals surface area contributed by atoms with Gasteiger partial charge in [0.15, 0.2) is 0 Å². The molecule has 2 aliphatic rings. The largest absolute Gasteiger partial charge is 0.457 e. The predicted octanol–water partition coefficient (Wildman–Crippen LogP) is 4.07. The molecule has 1 saturated heterocycles. The van der Waals surface area contributed by atoms with Crippen LogP contribution in [-0.4, -0.2) is 29.8 Å². The predicted molar refractivity (Wildman–Crippen MR) is 104 cm³/mol. The molecular weight excluding hydrogens is 340 g/mol. The monoisotopic (exact) mass is 364 g/mol. The van der Waals surface area contributed by atoms with Crippen LogP contribution in [0.15, 0.2) is 54.6 Å². The molecule has 2 amide bonds. The van der Waals surface area contributed by atoms with Gasteiger partial charge in [-0.1, -0.05) is 18.2 Å². The number of piperidine rings is 1. The van der Waals surface area contributed by atoms with Crippen LogP contribution in [0.3, 0.4) is 0 Å². The molecule has 1 heterocycles. The second-order valence-electron chi connectivity index (χ2n) is 7.26. The second-order valence-corrected chi connectivity index (χ2v) is 7.26. The zero-order valence-electron chi connectivity index (χ0n) is 15.3. The number of nitrogens with zero attached hydrogens (tertiary/aromatic N) is 1. The molecule has 27 heavy (non-hydrogen) atoms. The van der Waals surface area contributed by atoms with Gasteiger partial charge in [0.2, 0.25) is 11.8 Å². The number of likely N-dealkylation sites (tertiary alicyclic amines) is 1. The number of rotatable bonds is 5. The first-order valence-electron chi connectivity index (χ1n) is 9.63. The fourth-order valence-electron chi connectivity index (χ4n) is 3.57. The number of anilines is 1. The third-order valence-electron chi connectivity index (χ3n) is 5.21. The van der Waals surface area contributed by atoms with Gasteiger partial charge in [-0.2, -0.15) is 0 Å². The minimum Gasteiger partial charge on any atom is -0.457 e. The first-order chi connectivity index (χ1) is 13.2. The molecule has 1 aliphatic heterocycles. The van der Waals surface area contributed by atoms with Crippen molar-refractivity contribution in [2.45, 2.75) is 25.7 Å². The highest BCUT2D eigenvalue weighted by Gasteiger charge is 2.49. The van der Waals surface area contributed by atoms with E-state index < -0.39 is 0 Å². The van der Waals surface area contributed by atoms with Gasteiger partial charge >= 0.3 is 0 Å². The molecule has 1 N–H and O–H groups in total. The third kappa shape index (κ3) is 4.30. The van der Waals surface area contributed by atoms with Gasteiger partial charge in [-0.05, 0) is 62.1 Å². The number of carbonyl (C=O) groups is 2. The fourth-order valence-corrected chi connectivity index (χ4v) is 3.57. The molecule has 0 spiro atoms. The van der Waals surface area contributed by atoms with Crippen LogP contribution in [0.5, 0.6) is 11.5 Å². The average molecular weight is 364 g/mol. The summed E-state index contributed by atoms with van der Waals surface area (Å²) in [6.07, 6.45) is 4.01. The van der Waals surface area contributed by atoms with Crippen LogP contribution < -0.4 is 10.1 Å². The molecule has 0 aromatic heterocycles. The minimum atomic E-state index is -0.195. The van der Waals surface area contributed by atoms with Gasteiger partial charge < -0.3 is 15.0 Å². The van der Waals surface area contributed by atoms with Crippen molar-refractivity contribution in [3.63, 3.8) is 0 Å². The van der Waals surface area contributed by atoms with Crippen LogP contribution in [0, 0.1) is 11.8 Å². The van der Waals surface area contributed by atoms with Crippen LogP contribution in [0.1, 0.15) is 25.7 Å². The Bertz CT molecular complexity index is 798. The normalized spacial score (nSPS) is 21.4. The summed E-state index contributed by atoms with van der Waals surface area (Å²) in [5.41, 5.74) is 0.719. The highest BCUT2D eigenvalue weighted by Crippen LogP contribution is 2.41. The van der Waals surface area contributed by atoms with Gasteiger partial charge in [-0.15, -0.1) is 0 Å². The van der Waals surface area contributed by atoms with Gasteiger partial charge in [0.05, 0.1) is 11.8 Å². The molecule has 0 bridgehead atoms. The number of amides is 2. The van der Waals surface area contributed by atoms with Crippen molar-refractivity contribution in [2.24, 2.45) is 11.8 Å². The number of nitrogens with one attached hydrogen (secondary N) is 1. The van der Waals surface area contributed by atoms with E-state index in [1.54, 1.807) is 0 Å². The summed E-state index contributed by atoms with van der Waals surface area (Å²) < 4.78 is 5.75. The molecular formula is C22H24N2O3. The molecule has 2 aromatic carbocycles. The van der Waals surface area contributed by atoms with Crippen LogP contribution in [0.25, 0.3) is 0 Å². The lowest BCUT2D eigenvalue weighted by atomic mass is 10.1. The van der Waals surface area contributed by atoms with Crippen molar-refractivity contribution >= 4 is 17.5 Å². The van der Waals surface area contributed by atoms with Crippen molar-refractivity contribution in [1.29, 1.82) is 0 Å². The third-order valence-corrected chi connectivity index (χ3v) is 5.21. The number of hydrogen-bond acceptors (Lipinski definition) is 3. The molecule has 2 unspecified atom stereocenters. The molecule has 2 aromatic rings. The lowest BCUT2D eigenvalue weighted by molar-refractivity contribution is -0.134. The van der Waals surface area contributed by atoms with E-state index in [4.69, 9.17) is 4.74 Å². The summed E-state index contributed by atoms with van der Waals surface area (Å²) in [7, 11) is 0. The quantitative estimate of drug-likeness (QED) is 0.870. The maximum Gasteiger partial charge on any atom is 0.228 e. The van der Waals surface area contributed by atoms with E-state index in [1.807, 2.05) is 59.5 Å². The molecule has 2 fully saturated rings. The summed E-state index contributed by atoms with van der Waals surface area (Å²) >= 11 is 0. The fraction of sp³-hybridized carbons (Fsp3) is 0.364. The maximum absolute atomic E-state index is 12.5. The minimum absolute atomic E-state index is 0.0675. The van der Waals surface area contributed by atoms with E-state index in [0.717, 1.165) is 37.4 Å². The molecule has 1 aliphatic carbocycles. The Hall–Kier alpha value is -2.82. The summed E-state index contributed by atoms with van der Waals surface area (Å²) in [4.78, 5) is 26.8. The Morgan fingerprint density at radius 2 is 1.52 bits per heavy atom. The maximum atomic E-state index is 12.5. The molecule has 1 saturated carbocycles. The molecule has 140 valence electrons. The zero-order chi connectivity index (χ0) is 18.6. The first-order valence-corrected chi connectivity index (χ1v) is 9.63. The molecule has 5 heteroatoms. The van der Waals surface area contributed by atoms with Gasteiger partial charge in [0.1, 0.15) is 11.5 Å². The lowest BCUT2D eigenvalue weighted by Gasteiger charge is -2.26. The van der Waals surface area contributed by atoms with Crippen molar-refractivity contribution in [2.75, 3.05) is 18.4 Å². The number of hydrogen-bond donors (Lipinski definition) is 1. The van der Waals surface area contributed by atoms with E-state index in [1.165, 1.54) is 6.42 Å². The summed E-state index contributed by atoms with van der Waals surface area (Å²) in [6, 6.07) is 16.8. The summed E-state index contributed by atoms with van der Waals surface area (Å²) in [6.45, 7) is 1.68. The standard InChI is InChI=1S/C22H24N2O3/c25-21(19-15-20(19)22(26)24-13-5-2-6-14-24)23-16-9-11-18(12-10-16)27-17-7-3-1-4-8-17/h1,3-4,7-12,19-20H,2,5-6,13-15H2,(H,23,25). The van der Waals surface area contributed by atoms with Crippen LogP contribution in [0.4, 0.5) is 5.69 Å². The number of ether oxygens (including phenoxy) is 1. The van der Waals surface area contributed by atoms with Crippen molar-refractivity contribution < 1.29 is 14.3 Å². The average Bonchev–Trinajstić information content (AvgIpc) is 3.51. The van der Waals surface area contributed by atoms with Crippen LogP contribution in [-0.2, 0) is 9.59 Å². The Morgan fingerprint density at radius 3 is 2.22 bits per heavy atom. The molecule has 4 rings (SSSR count). The first kappa shape index (κ1) is 17.6. The van der Waals surface area contributed by atoms with E-state index >= 15 is 0 Å². The van der Waals surface area contributed by atoms with E-state index in [0.29, 0.717) is 12.2 Å². The lowest BCUT2D eigenvalue weighted by Crippen LogP contribution is -2.37. The smallest absolute Gasteiger partial charge is 0.228 e. The van der Waals surface area contributed by atoms with Gasteiger partial charge in [0.25, 0.3) is 0 Å². The SMILES string of the molecule is O=C(Nc1ccc(Oc2ccccc2)cc1)C1CC1C(=O)N1CCCCC1. The van der Waals surface area contributed by atoms with E-state index in [-0.39, 0.29) is 23.7 Å². The molecule has 0 radical (unpaired) electrons. The van der Waals surface area contributed by atoms with Gasteiger partial charge in [-0.25, -0.2) is 0 Å². The van der Waals surface area contributed by atoms with Gasteiger partial charge in [-0.3, -0.25) is 9.59 Å². The Labute approximate surface area is 159 Å². The summed E-state index contributed by atoms with van der Waals surface area (Å²) in [5, 5.41) is 2.92. The second kappa shape index (κ2) is 7.82. The zero-order valence-corrected chi connectivity index (χ0v) is 15.3. The highest BCUT2D eigenvalue weighted by molar-refractivity contribution is 5.99. The van der Waals surface area contributed by atoms with Crippen molar-refractivity contribution in [3.05, 3.63) is 54.6 Å². The number of benzene rings is 2.